The highest BCUT2D eigenvalue weighted by Gasteiger charge is 2.21. The number of urea groups is 1. The Kier molecular flexibility index (Phi) is 6.08. The van der Waals surface area contributed by atoms with Crippen molar-refractivity contribution in [3.05, 3.63) is 84.4 Å². The van der Waals surface area contributed by atoms with Crippen LogP contribution in [0.2, 0.25) is 0 Å². The second-order valence-electron chi connectivity index (χ2n) is 6.14. The lowest BCUT2D eigenvalue weighted by molar-refractivity contribution is 0.251. The highest BCUT2D eigenvalue weighted by Crippen LogP contribution is 2.23. The molecule has 2 amide bonds. The minimum absolute atomic E-state index is 0.0469. The van der Waals surface area contributed by atoms with E-state index in [-0.39, 0.29) is 4.90 Å². The molecule has 0 unspecified atom stereocenters. The van der Waals surface area contributed by atoms with Gasteiger partial charge < -0.3 is 10.6 Å². The maximum Gasteiger partial charge on any atom is 0.319 e. The molecule has 0 saturated carbocycles. The number of aromatic nitrogens is 1. The largest absolute Gasteiger partial charge is 0.334 e. The van der Waals surface area contributed by atoms with Gasteiger partial charge >= 0.3 is 6.03 Å². The molecule has 2 N–H and O–H groups in total. The maximum atomic E-state index is 13.1. The highest BCUT2D eigenvalue weighted by atomic mass is 32.2. The number of carbonyl (C=O) groups is 1. The summed E-state index contributed by atoms with van der Waals surface area (Å²) in [7, 11) is -2.43. The van der Waals surface area contributed by atoms with Gasteiger partial charge in [-0.15, -0.1) is 0 Å². The molecule has 0 atom stereocenters. The monoisotopic (exact) mass is 414 g/mol. The summed E-state index contributed by atoms with van der Waals surface area (Å²) in [5.74, 6) is -0.447. The van der Waals surface area contributed by atoms with E-state index in [4.69, 9.17) is 0 Å². The first-order valence-electron chi connectivity index (χ1n) is 8.64. The summed E-state index contributed by atoms with van der Waals surface area (Å²) >= 11 is 0. The Hall–Kier alpha value is -3.46. The summed E-state index contributed by atoms with van der Waals surface area (Å²) in [5.41, 5.74) is 1.63. The zero-order valence-corrected chi connectivity index (χ0v) is 16.4. The molecule has 3 rings (SSSR count). The van der Waals surface area contributed by atoms with Crippen molar-refractivity contribution in [2.45, 2.75) is 11.4 Å². The van der Waals surface area contributed by atoms with E-state index in [1.54, 1.807) is 18.5 Å². The van der Waals surface area contributed by atoms with E-state index in [1.807, 2.05) is 6.07 Å². The Morgan fingerprint density at radius 1 is 1.07 bits per heavy atom. The lowest BCUT2D eigenvalue weighted by Gasteiger charge is -2.19. The predicted octanol–water partition coefficient (Wildman–Crippen LogP) is 3.37. The Balaban J connectivity index is 1.64. The van der Waals surface area contributed by atoms with Crippen LogP contribution in [0.15, 0.2) is 78.0 Å². The fraction of sp³-hybridized carbons (Fsp3) is 0.100. The van der Waals surface area contributed by atoms with Crippen molar-refractivity contribution in [2.24, 2.45) is 0 Å². The number of pyridine rings is 1. The van der Waals surface area contributed by atoms with Crippen LogP contribution >= 0.6 is 0 Å². The van der Waals surface area contributed by atoms with Crippen molar-refractivity contribution in [2.75, 3.05) is 16.7 Å². The number of nitrogens with one attached hydrogen (secondary N) is 2. The number of benzene rings is 2. The van der Waals surface area contributed by atoms with Crippen LogP contribution in [0.4, 0.5) is 20.6 Å². The lowest BCUT2D eigenvalue weighted by atomic mass is 10.3. The van der Waals surface area contributed by atoms with Crippen molar-refractivity contribution in [3.8, 4) is 0 Å². The summed E-state index contributed by atoms with van der Waals surface area (Å²) in [6, 6.07) is 14.1. The van der Waals surface area contributed by atoms with Crippen molar-refractivity contribution in [1.82, 2.24) is 10.3 Å². The molecule has 150 valence electrons. The van der Waals surface area contributed by atoms with Gasteiger partial charge in [0, 0.05) is 31.7 Å². The van der Waals surface area contributed by atoms with Gasteiger partial charge in [0.2, 0.25) is 0 Å². The second kappa shape index (κ2) is 8.70. The molecule has 0 spiro atoms. The number of carbonyl (C=O) groups excluding carboxylic acids is 1. The van der Waals surface area contributed by atoms with E-state index >= 15 is 0 Å². The van der Waals surface area contributed by atoms with Crippen LogP contribution in [0.5, 0.6) is 0 Å². The third-order valence-corrected chi connectivity index (χ3v) is 5.94. The normalized spacial score (nSPS) is 11.0. The standard InChI is InChI=1S/C20H19FN4O3S/c1-25(18-8-4-16(21)5-9-18)29(27,28)19-10-6-17(7-11-19)24-20(26)23-14-15-3-2-12-22-13-15/h2-13H,14H2,1H3,(H2,23,24,26). The number of nitrogens with zero attached hydrogens (tertiary/aromatic N) is 2. The summed E-state index contributed by atoms with van der Waals surface area (Å²) < 4.78 is 39.6. The van der Waals surface area contributed by atoms with Crippen LogP contribution in [0.25, 0.3) is 0 Å². The minimum Gasteiger partial charge on any atom is -0.334 e. The first kappa shape index (κ1) is 20.3. The molecule has 1 heterocycles. The van der Waals surface area contributed by atoms with E-state index in [0.29, 0.717) is 17.9 Å². The van der Waals surface area contributed by atoms with Gasteiger partial charge in [-0.2, -0.15) is 0 Å². The quantitative estimate of drug-likeness (QED) is 0.647. The molecular formula is C20H19FN4O3S. The maximum absolute atomic E-state index is 13.1. The number of anilines is 2. The molecule has 9 heteroatoms. The summed E-state index contributed by atoms with van der Waals surface area (Å²) in [5, 5.41) is 5.33. The molecule has 0 radical (unpaired) electrons. The van der Waals surface area contributed by atoms with Crippen LogP contribution in [0.3, 0.4) is 0 Å². The van der Waals surface area contributed by atoms with Crippen LogP contribution in [-0.4, -0.2) is 26.5 Å². The van der Waals surface area contributed by atoms with Gasteiger partial charge in [-0.05, 0) is 60.2 Å². The van der Waals surface area contributed by atoms with Gasteiger partial charge in [0.05, 0.1) is 10.6 Å². The zero-order valence-electron chi connectivity index (χ0n) is 15.5. The van der Waals surface area contributed by atoms with E-state index in [0.717, 1.165) is 9.87 Å². The van der Waals surface area contributed by atoms with Crippen LogP contribution in [0, 0.1) is 5.82 Å². The minimum atomic E-state index is -3.82. The van der Waals surface area contributed by atoms with Crippen molar-refractivity contribution in [1.29, 1.82) is 0 Å². The van der Waals surface area contributed by atoms with E-state index < -0.39 is 21.9 Å². The second-order valence-corrected chi connectivity index (χ2v) is 8.11. The molecule has 7 nitrogen and oxygen atoms in total. The zero-order chi connectivity index (χ0) is 20.9. The summed E-state index contributed by atoms with van der Waals surface area (Å²) in [6.07, 6.45) is 3.30. The van der Waals surface area contributed by atoms with Crippen molar-refractivity contribution < 1.29 is 17.6 Å². The number of hydrogen-bond donors (Lipinski definition) is 2. The number of halogens is 1. The lowest BCUT2D eigenvalue weighted by Crippen LogP contribution is -2.28. The fourth-order valence-electron chi connectivity index (χ4n) is 2.52. The summed E-state index contributed by atoms with van der Waals surface area (Å²) in [6.45, 7) is 0.314. The SMILES string of the molecule is CN(c1ccc(F)cc1)S(=O)(=O)c1ccc(NC(=O)NCc2cccnc2)cc1. The number of sulfonamides is 1. The number of hydrogen-bond acceptors (Lipinski definition) is 4. The van der Waals surface area contributed by atoms with E-state index in [2.05, 4.69) is 15.6 Å². The summed E-state index contributed by atoms with van der Waals surface area (Å²) in [4.78, 5) is 16.0. The molecule has 0 fully saturated rings. The molecule has 0 aliphatic carbocycles. The Labute approximate surface area is 168 Å². The first-order valence-corrected chi connectivity index (χ1v) is 10.1. The molecule has 0 bridgehead atoms. The van der Waals surface area contributed by atoms with Gasteiger partial charge in [-0.25, -0.2) is 17.6 Å². The van der Waals surface area contributed by atoms with Gasteiger partial charge in [0.1, 0.15) is 5.82 Å². The van der Waals surface area contributed by atoms with Crippen LogP contribution in [0.1, 0.15) is 5.56 Å². The van der Waals surface area contributed by atoms with Gasteiger partial charge in [-0.3, -0.25) is 9.29 Å². The fourth-order valence-corrected chi connectivity index (χ4v) is 3.71. The molecular weight excluding hydrogens is 395 g/mol. The molecule has 0 aliphatic rings. The smallest absolute Gasteiger partial charge is 0.319 e. The van der Waals surface area contributed by atoms with Gasteiger partial charge in [0.15, 0.2) is 0 Å². The molecule has 0 aliphatic heterocycles. The van der Waals surface area contributed by atoms with Crippen molar-refractivity contribution >= 4 is 27.4 Å². The topological polar surface area (TPSA) is 91.4 Å². The highest BCUT2D eigenvalue weighted by molar-refractivity contribution is 7.92. The van der Waals surface area contributed by atoms with Gasteiger partial charge in [-0.1, -0.05) is 6.07 Å². The first-order chi connectivity index (χ1) is 13.9. The molecule has 1 aromatic heterocycles. The third kappa shape index (κ3) is 5.08. The van der Waals surface area contributed by atoms with Crippen molar-refractivity contribution in [3.63, 3.8) is 0 Å². The average Bonchev–Trinajstić information content (AvgIpc) is 2.73. The molecule has 0 saturated heterocycles. The Morgan fingerprint density at radius 3 is 2.38 bits per heavy atom. The number of rotatable bonds is 6. The Morgan fingerprint density at radius 2 is 1.76 bits per heavy atom. The van der Waals surface area contributed by atoms with Crippen LogP contribution < -0.4 is 14.9 Å². The van der Waals surface area contributed by atoms with Gasteiger partial charge in [0.25, 0.3) is 10.0 Å². The third-order valence-electron chi connectivity index (χ3n) is 4.14. The molecule has 29 heavy (non-hydrogen) atoms. The molecule has 3 aromatic rings. The predicted molar refractivity (Wildman–Crippen MR) is 109 cm³/mol. The Bertz CT molecular complexity index is 1070. The van der Waals surface area contributed by atoms with E-state index in [1.165, 1.54) is 55.6 Å². The average molecular weight is 414 g/mol. The van der Waals surface area contributed by atoms with Crippen LogP contribution in [-0.2, 0) is 16.6 Å². The van der Waals surface area contributed by atoms with E-state index in [9.17, 15) is 17.6 Å². The number of amides is 2. The molecule has 2 aromatic carbocycles.